The molecule has 0 amide bonds. The molecule has 2 atom stereocenters. The number of ether oxygens (including phenoxy) is 4. The Hall–Kier alpha value is -2.84. The Morgan fingerprint density at radius 3 is 1.89 bits per heavy atom. The van der Waals surface area contributed by atoms with Crippen molar-refractivity contribution in [2.24, 2.45) is 0 Å². The van der Waals surface area contributed by atoms with Crippen molar-refractivity contribution in [2.45, 2.75) is 41.0 Å². The van der Waals surface area contributed by atoms with Crippen LogP contribution in [0.15, 0.2) is 83.8 Å². The van der Waals surface area contributed by atoms with Crippen LogP contribution in [0.3, 0.4) is 0 Å². The van der Waals surface area contributed by atoms with E-state index >= 15 is 0 Å². The molecule has 3 aromatic carbocycles. The summed E-state index contributed by atoms with van der Waals surface area (Å²) < 4.78 is 23.2. The molecular formula is C29H31NO5S. The summed E-state index contributed by atoms with van der Waals surface area (Å²) >= 11 is 1.67. The van der Waals surface area contributed by atoms with Crippen molar-refractivity contribution in [2.75, 3.05) is 27.4 Å². The molecule has 6 nitrogen and oxygen atoms in total. The van der Waals surface area contributed by atoms with E-state index in [0.29, 0.717) is 19.6 Å². The smallest absolute Gasteiger partial charge is 0.249 e. The van der Waals surface area contributed by atoms with Gasteiger partial charge < -0.3 is 23.7 Å². The molecule has 0 N–H and O–H groups in total. The van der Waals surface area contributed by atoms with Crippen LogP contribution in [0.5, 0.6) is 11.5 Å². The number of carbonyl (C=O) groups excluding carboxylic acids is 1. The lowest BCUT2D eigenvalue weighted by Crippen LogP contribution is -2.84. The molecule has 2 saturated heterocycles. The van der Waals surface area contributed by atoms with Gasteiger partial charge in [-0.3, -0.25) is 0 Å². The van der Waals surface area contributed by atoms with Crippen molar-refractivity contribution < 1.29 is 23.7 Å². The minimum atomic E-state index is -1.06. The molecule has 0 radical (unpaired) electrons. The molecule has 2 heterocycles. The van der Waals surface area contributed by atoms with Crippen molar-refractivity contribution >= 4 is 18.0 Å². The average Bonchev–Trinajstić information content (AvgIpc) is 3.46. The highest BCUT2D eigenvalue weighted by molar-refractivity contribution is 8.01. The van der Waals surface area contributed by atoms with E-state index in [0.717, 1.165) is 33.8 Å². The van der Waals surface area contributed by atoms with E-state index in [9.17, 15) is 4.79 Å². The van der Waals surface area contributed by atoms with E-state index in [-0.39, 0.29) is 6.04 Å². The Morgan fingerprint density at radius 1 is 0.917 bits per heavy atom. The maximum absolute atomic E-state index is 12.9. The summed E-state index contributed by atoms with van der Waals surface area (Å²) in [6.07, 6.45) is 1.75. The Balaban J connectivity index is 1.64. The van der Waals surface area contributed by atoms with Crippen molar-refractivity contribution in [3.63, 3.8) is 0 Å². The summed E-state index contributed by atoms with van der Waals surface area (Å²) in [6, 6.07) is 25.3. The summed E-state index contributed by atoms with van der Waals surface area (Å²) in [5, 5.41) is 0. The zero-order valence-electron chi connectivity index (χ0n) is 20.8. The fourth-order valence-corrected chi connectivity index (χ4v) is 6.96. The first-order valence-electron chi connectivity index (χ1n) is 12.2. The first-order valence-corrected chi connectivity index (χ1v) is 13.0. The van der Waals surface area contributed by atoms with Crippen LogP contribution in [0.1, 0.15) is 30.5 Å². The Bertz CT molecular complexity index is 1120. The number of carbonyl (C=O) groups is 1. The number of likely N-dealkylation sites (tertiary alicyclic amines) is 1. The van der Waals surface area contributed by atoms with Gasteiger partial charge in [-0.25, -0.2) is 4.90 Å². The van der Waals surface area contributed by atoms with Crippen LogP contribution >= 0.6 is 11.8 Å². The molecule has 1 spiro atoms. The SMILES string of the molecule is CCC1(Sc2ccccc2)C(C=O)N(C(c2ccc(OC)cc2)c2ccc(OC)cc2)C12OCCO2. The highest BCUT2D eigenvalue weighted by atomic mass is 32.2. The van der Waals surface area contributed by atoms with Gasteiger partial charge in [-0.05, 0) is 53.9 Å². The van der Waals surface area contributed by atoms with Gasteiger partial charge in [0.2, 0.25) is 5.91 Å². The molecule has 0 aromatic heterocycles. The normalized spacial score (nSPS) is 22.9. The second-order valence-electron chi connectivity index (χ2n) is 8.87. The largest absolute Gasteiger partial charge is 0.497 e. The fourth-order valence-electron chi connectivity index (χ4n) is 5.46. The van der Waals surface area contributed by atoms with Crippen molar-refractivity contribution in [3.05, 3.63) is 90.0 Å². The van der Waals surface area contributed by atoms with Crippen molar-refractivity contribution in [3.8, 4) is 11.5 Å². The first kappa shape index (κ1) is 24.8. The highest BCUT2D eigenvalue weighted by Gasteiger charge is 2.76. The number of thioether (sulfide) groups is 1. The average molecular weight is 506 g/mol. The minimum absolute atomic E-state index is 0.286. The summed E-state index contributed by atoms with van der Waals surface area (Å²) in [7, 11) is 3.30. The molecule has 7 heteroatoms. The Kier molecular flexibility index (Phi) is 7.08. The molecule has 2 aliphatic rings. The second kappa shape index (κ2) is 10.3. The van der Waals surface area contributed by atoms with E-state index in [1.54, 1.807) is 26.0 Å². The Morgan fingerprint density at radius 2 is 1.44 bits per heavy atom. The summed E-state index contributed by atoms with van der Waals surface area (Å²) in [6.45, 7) is 3.04. The van der Waals surface area contributed by atoms with Crippen LogP contribution < -0.4 is 9.47 Å². The van der Waals surface area contributed by atoms with Crippen LogP contribution in [-0.2, 0) is 14.3 Å². The predicted octanol–water partition coefficient (Wildman–Crippen LogP) is 5.32. The topological polar surface area (TPSA) is 57.2 Å². The zero-order valence-corrected chi connectivity index (χ0v) is 21.6. The molecule has 2 unspecified atom stereocenters. The first-order chi connectivity index (χ1) is 17.6. The lowest BCUT2D eigenvalue weighted by Gasteiger charge is -2.67. The number of aldehydes is 1. The molecule has 5 rings (SSSR count). The molecule has 0 saturated carbocycles. The molecule has 36 heavy (non-hydrogen) atoms. The van der Waals surface area contributed by atoms with Gasteiger partial charge in [0.15, 0.2) is 0 Å². The third kappa shape index (κ3) is 3.91. The molecule has 2 fully saturated rings. The van der Waals surface area contributed by atoms with Crippen LogP contribution in [0.2, 0.25) is 0 Å². The van der Waals surface area contributed by atoms with Gasteiger partial charge in [0.25, 0.3) is 0 Å². The van der Waals surface area contributed by atoms with Crippen LogP contribution in [0.25, 0.3) is 0 Å². The predicted molar refractivity (Wildman–Crippen MR) is 139 cm³/mol. The number of hydrogen-bond acceptors (Lipinski definition) is 7. The maximum atomic E-state index is 12.9. The molecule has 0 bridgehead atoms. The van der Waals surface area contributed by atoms with E-state index < -0.39 is 16.7 Å². The number of benzene rings is 3. The molecule has 3 aromatic rings. The highest BCUT2D eigenvalue weighted by Crippen LogP contribution is 2.63. The quantitative estimate of drug-likeness (QED) is 0.365. The van der Waals surface area contributed by atoms with Crippen LogP contribution in [0.4, 0.5) is 0 Å². The van der Waals surface area contributed by atoms with Gasteiger partial charge >= 0.3 is 0 Å². The summed E-state index contributed by atoms with van der Waals surface area (Å²) in [4.78, 5) is 16.0. The van der Waals surface area contributed by atoms with Gasteiger partial charge in [0.1, 0.15) is 22.5 Å². The zero-order chi connectivity index (χ0) is 25.2. The Labute approximate surface area is 216 Å². The number of hydrogen-bond donors (Lipinski definition) is 0. The van der Waals surface area contributed by atoms with E-state index in [1.165, 1.54) is 0 Å². The molecule has 188 valence electrons. The third-order valence-corrected chi connectivity index (χ3v) is 8.83. The van der Waals surface area contributed by atoms with Gasteiger partial charge in [-0.15, -0.1) is 11.8 Å². The van der Waals surface area contributed by atoms with E-state index in [4.69, 9.17) is 18.9 Å². The van der Waals surface area contributed by atoms with Gasteiger partial charge in [-0.1, -0.05) is 49.4 Å². The van der Waals surface area contributed by atoms with Crippen molar-refractivity contribution in [1.82, 2.24) is 4.90 Å². The van der Waals surface area contributed by atoms with Crippen LogP contribution in [-0.4, -0.2) is 55.3 Å². The molecular weight excluding hydrogens is 474 g/mol. The van der Waals surface area contributed by atoms with E-state index in [1.807, 2.05) is 66.7 Å². The van der Waals surface area contributed by atoms with Gasteiger partial charge in [0.05, 0.1) is 39.5 Å². The lowest BCUT2D eigenvalue weighted by atomic mass is 9.77. The van der Waals surface area contributed by atoms with Crippen LogP contribution in [0, 0.1) is 0 Å². The van der Waals surface area contributed by atoms with E-state index in [2.05, 4.69) is 24.0 Å². The lowest BCUT2D eigenvalue weighted by molar-refractivity contribution is -0.361. The second-order valence-corrected chi connectivity index (χ2v) is 10.3. The fraction of sp³-hybridized carbons (Fsp3) is 0.345. The van der Waals surface area contributed by atoms with Gasteiger partial charge in [0, 0.05) is 4.90 Å². The monoisotopic (exact) mass is 505 g/mol. The third-order valence-electron chi connectivity index (χ3n) is 7.17. The molecule has 0 aliphatic carbocycles. The minimum Gasteiger partial charge on any atom is -0.497 e. The van der Waals surface area contributed by atoms with Crippen molar-refractivity contribution in [1.29, 1.82) is 0 Å². The summed E-state index contributed by atoms with van der Waals surface area (Å²) in [5.41, 5.74) is 2.03. The summed E-state index contributed by atoms with van der Waals surface area (Å²) in [5.74, 6) is 0.486. The van der Waals surface area contributed by atoms with Gasteiger partial charge in [-0.2, -0.15) is 0 Å². The number of methoxy groups -OCH3 is 2. The molecule has 2 aliphatic heterocycles. The standard InChI is InChI=1S/C29H31NO5S/c1-4-28(36-25-8-6-5-7-9-25)26(20-31)30(29(28)34-18-19-35-29)27(21-10-14-23(32-2)15-11-21)22-12-16-24(33-3)17-13-22/h5-17,20,26-27H,4,18-19H2,1-3H3. The number of rotatable bonds is 9. The maximum Gasteiger partial charge on any atom is 0.249 e. The number of nitrogens with zero attached hydrogens (tertiary/aromatic N) is 1.